The summed E-state index contributed by atoms with van der Waals surface area (Å²) in [7, 11) is 2.00. The molecule has 0 saturated heterocycles. The predicted molar refractivity (Wildman–Crippen MR) is 66.1 cm³/mol. The molecule has 1 saturated carbocycles. The van der Waals surface area contributed by atoms with Gasteiger partial charge in [0.2, 0.25) is 0 Å². The Labute approximate surface area is 98.0 Å². The van der Waals surface area contributed by atoms with Crippen LogP contribution in [0.4, 0.5) is 0 Å². The van der Waals surface area contributed by atoms with Crippen LogP contribution in [0.15, 0.2) is 12.3 Å². The van der Waals surface area contributed by atoms with Crippen molar-refractivity contribution in [2.75, 3.05) is 0 Å². The topological polar surface area (TPSA) is 43.8 Å². The molecule has 0 radical (unpaired) electrons. The molecule has 3 nitrogen and oxygen atoms in total. The third-order valence-corrected chi connectivity index (χ3v) is 3.93. The molecular weight excluding hydrogens is 198 g/mol. The van der Waals surface area contributed by atoms with Gasteiger partial charge in [-0.2, -0.15) is 5.10 Å². The first kappa shape index (κ1) is 11.6. The second-order valence-corrected chi connectivity index (χ2v) is 5.51. The molecule has 1 heterocycles. The molecule has 3 heteroatoms. The van der Waals surface area contributed by atoms with Gasteiger partial charge in [0.15, 0.2) is 0 Å². The van der Waals surface area contributed by atoms with E-state index in [1.165, 1.54) is 31.4 Å². The molecule has 1 aromatic rings. The van der Waals surface area contributed by atoms with E-state index in [4.69, 9.17) is 5.73 Å². The van der Waals surface area contributed by atoms with Crippen molar-refractivity contribution < 1.29 is 0 Å². The number of hydrogen-bond donors (Lipinski definition) is 1. The second kappa shape index (κ2) is 4.58. The Kier molecular flexibility index (Phi) is 3.33. The third kappa shape index (κ3) is 2.64. The van der Waals surface area contributed by atoms with E-state index in [0.717, 1.165) is 18.8 Å². The summed E-state index contributed by atoms with van der Waals surface area (Å²) >= 11 is 0. The molecule has 16 heavy (non-hydrogen) atoms. The van der Waals surface area contributed by atoms with Gasteiger partial charge in [-0.3, -0.25) is 4.68 Å². The summed E-state index contributed by atoms with van der Waals surface area (Å²) in [5.74, 6) is 0.797. The SMILES string of the molecule is CC1CCCC(N)(CCc2ccnn2C)C1. The van der Waals surface area contributed by atoms with Crippen LogP contribution < -0.4 is 5.73 Å². The molecule has 0 aliphatic heterocycles. The lowest BCUT2D eigenvalue weighted by atomic mass is 9.74. The Balaban J connectivity index is 1.91. The van der Waals surface area contributed by atoms with Gasteiger partial charge in [0.25, 0.3) is 0 Å². The first-order valence-electron chi connectivity index (χ1n) is 6.35. The van der Waals surface area contributed by atoms with Gasteiger partial charge in [-0.1, -0.05) is 19.8 Å². The zero-order valence-corrected chi connectivity index (χ0v) is 10.4. The summed E-state index contributed by atoms with van der Waals surface area (Å²) in [6.45, 7) is 2.32. The number of nitrogens with two attached hydrogens (primary N) is 1. The quantitative estimate of drug-likeness (QED) is 0.851. The Morgan fingerprint density at radius 1 is 1.62 bits per heavy atom. The van der Waals surface area contributed by atoms with Gasteiger partial charge in [-0.15, -0.1) is 0 Å². The third-order valence-electron chi connectivity index (χ3n) is 3.93. The monoisotopic (exact) mass is 221 g/mol. The van der Waals surface area contributed by atoms with E-state index < -0.39 is 0 Å². The molecular formula is C13H23N3. The van der Waals surface area contributed by atoms with Crippen molar-refractivity contribution in [3.8, 4) is 0 Å². The van der Waals surface area contributed by atoms with Crippen LogP contribution in [-0.4, -0.2) is 15.3 Å². The van der Waals surface area contributed by atoms with Crippen LogP contribution in [-0.2, 0) is 13.5 Å². The van der Waals surface area contributed by atoms with E-state index in [-0.39, 0.29) is 5.54 Å². The predicted octanol–water partition coefficient (Wildman–Crippen LogP) is 2.26. The summed E-state index contributed by atoms with van der Waals surface area (Å²) in [5.41, 5.74) is 7.85. The molecule has 2 N–H and O–H groups in total. The van der Waals surface area contributed by atoms with Crippen LogP contribution in [0.1, 0.15) is 44.7 Å². The first-order valence-corrected chi connectivity index (χ1v) is 6.35. The second-order valence-electron chi connectivity index (χ2n) is 5.51. The molecule has 1 aromatic heterocycles. The van der Waals surface area contributed by atoms with E-state index in [2.05, 4.69) is 18.1 Å². The maximum atomic E-state index is 6.49. The largest absolute Gasteiger partial charge is 0.325 e. The zero-order valence-electron chi connectivity index (χ0n) is 10.4. The number of hydrogen-bond acceptors (Lipinski definition) is 2. The zero-order chi connectivity index (χ0) is 11.6. The van der Waals surface area contributed by atoms with Gasteiger partial charge >= 0.3 is 0 Å². The number of aromatic nitrogens is 2. The van der Waals surface area contributed by atoms with Gasteiger partial charge in [0, 0.05) is 24.5 Å². The van der Waals surface area contributed by atoms with E-state index in [1.807, 2.05) is 17.9 Å². The van der Waals surface area contributed by atoms with Crippen LogP contribution in [0, 0.1) is 5.92 Å². The van der Waals surface area contributed by atoms with Crippen molar-refractivity contribution in [2.45, 2.75) is 51.0 Å². The lowest BCUT2D eigenvalue weighted by Crippen LogP contribution is -2.44. The van der Waals surface area contributed by atoms with Crippen molar-refractivity contribution in [3.05, 3.63) is 18.0 Å². The van der Waals surface area contributed by atoms with E-state index in [1.54, 1.807) is 0 Å². The molecule has 0 bridgehead atoms. The van der Waals surface area contributed by atoms with Crippen LogP contribution >= 0.6 is 0 Å². The number of rotatable bonds is 3. The Bertz CT molecular complexity index is 345. The smallest absolute Gasteiger partial charge is 0.0492 e. The fourth-order valence-corrected chi connectivity index (χ4v) is 2.95. The molecule has 0 amide bonds. The maximum absolute atomic E-state index is 6.49. The minimum Gasteiger partial charge on any atom is -0.325 e. The highest BCUT2D eigenvalue weighted by Crippen LogP contribution is 2.33. The molecule has 1 fully saturated rings. The highest BCUT2D eigenvalue weighted by atomic mass is 15.2. The molecule has 0 aromatic carbocycles. The summed E-state index contributed by atoms with van der Waals surface area (Å²) in [5, 5.41) is 4.19. The molecule has 2 unspecified atom stereocenters. The van der Waals surface area contributed by atoms with Crippen LogP contribution in [0.5, 0.6) is 0 Å². The van der Waals surface area contributed by atoms with Crippen molar-refractivity contribution in [2.24, 2.45) is 18.7 Å². The van der Waals surface area contributed by atoms with Crippen molar-refractivity contribution >= 4 is 0 Å². The fourth-order valence-electron chi connectivity index (χ4n) is 2.95. The normalized spacial score (nSPS) is 30.6. The van der Waals surface area contributed by atoms with Crippen molar-refractivity contribution in [3.63, 3.8) is 0 Å². The Hall–Kier alpha value is -0.830. The Morgan fingerprint density at radius 2 is 2.44 bits per heavy atom. The first-order chi connectivity index (χ1) is 7.59. The van der Waals surface area contributed by atoms with Gasteiger partial charge < -0.3 is 5.73 Å². The maximum Gasteiger partial charge on any atom is 0.0492 e. The van der Waals surface area contributed by atoms with Gasteiger partial charge in [-0.05, 0) is 37.7 Å². The summed E-state index contributed by atoms with van der Waals surface area (Å²) < 4.78 is 1.95. The fraction of sp³-hybridized carbons (Fsp3) is 0.769. The molecule has 0 spiro atoms. The summed E-state index contributed by atoms with van der Waals surface area (Å²) in [6.07, 6.45) is 9.03. The number of aryl methyl sites for hydroxylation is 2. The van der Waals surface area contributed by atoms with E-state index in [9.17, 15) is 0 Å². The average molecular weight is 221 g/mol. The summed E-state index contributed by atoms with van der Waals surface area (Å²) in [6, 6.07) is 2.09. The van der Waals surface area contributed by atoms with Gasteiger partial charge in [-0.25, -0.2) is 0 Å². The molecule has 90 valence electrons. The molecule has 2 atom stereocenters. The van der Waals surface area contributed by atoms with E-state index in [0.29, 0.717) is 0 Å². The van der Waals surface area contributed by atoms with Crippen LogP contribution in [0.25, 0.3) is 0 Å². The van der Waals surface area contributed by atoms with Crippen LogP contribution in [0.3, 0.4) is 0 Å². The molecule has 2 rings (SSSR count). The standard InChI is InChI=1S/C13H23N3/c1-11-4-3-7-13(14,10-11)8-5-12-6-9-15-16(12)2/h6,9,11H,3-5,7-8,10,14H2,1-2H3. The lowest BCUT2D eigenvalue weighted by molar-refractivity contribution is 0.223. The van der Waals surface area contributed by atoms with Gasteiger partial charge in [0.05, 0.1) is 0 Å². The summed E-state index contributed by atoms with van der Waals surface area (Å²) in [4.78, 5) is 0. The lowest BCUT2D eigenvalue weighted by Gasteiger charge is -2.37. The van der Waals surface area contributed by atoms with E-state index >= 15 is 0 Å². The minimum atomic E-state index is 0.0714. The average Bonchev–Trinajstić information content (AvgIpc) is 2.61. The minimum absolute atomic E-state index is 0.0714. The molecule has 1 aliphatic rings. The number of nitrogens with zero attached hydrogens (tertiary/aromatic N) is 2. The molecule has 1 aliphatic carbocycles. The van der Waals surface area contributed by atoms with Crippen LogP contribution in [0.2, 0.25) is 0 Å². The van der Waals surface area contributed by atoms with Crippen molar-refractivity contribution in [1.29, 1.82) is 0 Å². The highest BCUT2D eigenvalue weighted by Gasteiger charge is 2.30. The Morgan fingerprint density at radius 3 is 3.06 bits per heavy atom. The van der Waals surface area contributed by atoms with Gasteiger partial charge in [0.1, 0.15) is 0 Å². The highest BCUT2D eigenvalue weighted by molar-refractivity contribution is 5.02. The van der Waals surface area contributed by atoms with Crippen molar-refractivity contribution in [1.82, 2.24) is 9.78 Å².